The largest absolute Gasteiger partial charge is 0.495 e. The Balaban J connectivity index is 2.87. The second-order valence-corrected chi connectivity index (χ2v) is 7.02. The molecule has 28 heavy (non-hydrogen) atoms. The van der Waals surface area contributed by atoms with Gasteiger partial charge in [0.05, 0.1) is 12.4 Å². The third-order valence-electron chi connectivity index (χ3n) is 4.35. The lowest BCUT2D eigenvalue weighted by molar-refractivity contribution is 0.0536. The molecular weight excluding hydrogens is 363 g/mol. The first-order chi connectivity index (χ1) is 13.2. The lowest BCUT2D eigenvalue weighted by atomic mass is 9.77. The fourth-order valence-corrected chi connectivity index (χ4v) is 2.44. The Labute approximate surface area is 166 Å². The van der Waals surface area contributed by atoms with E-state index in [1.54, 1.807) is 19.1 Å². The van der Waals surface area contributed by atoms with Crippen molar-refractivity contribution in [1.82, 2.24) is 0 Å². The molecule has 156 valence electrons. The molecule has 0 aromatic heterocycles. The van der Waals surface area contributed by atoms with Crippen LogP contribution in [0.15, 0.2) is 60.4 Å². The van der Waals surface area contributed by atoms with Gasteiger partial charge in [-0.1, -0.05) is 44.7 Å². The van der Waals surface area contributed by atoms with Crippen molar-refractivity contribution in [2.24, 2.45) is 0 Å². The quantitative estimate of drug-likeness (QED) is 0.375. The molecule has 0 saturated heterocycles. The molecule has 0 saturated carbocycles. The van der Waals surface area contributed by atoms with Gasteiger partial charge in [-0.2, -0.15) is 0 Å². The van der Waals surface area contributed by atoms with Crippen molar-refractivity contribution in [3.05, 3.63) is 66.0 Å². The lowest BCUT2D eigenvalue weighted by Gasteiger charge is -2.27. The molecule has 1 aromatic carbocycles. The summed E-state index contributed by atoms with van der Waals surface area (Å²) in [6.45, 7) is 8.49. The van der Waals surface area contributed by atoms with Gasteiger partial charge in [-0.05, 0) is 36.3 Å². The Hall–Kier alpha value is -2.15. The molecule has 0 bridgehead atoms. The van der Waals surface area contributed by atoms with E-state index in [9.17, 15) is 14.6 Å². The molecule has 0 fully saturated rings. The van der Waals surface area contributed by atoms with Crippen LogP contribution in [0.5, 0.6) is 5.75 Å². The number of rotatable bonds is 12. The number of hydrogen-bond donors (Lipinski definition) is 3. The third kappa shape index (κ3) is 7.46. The standard InChI is InChI=1S/C22H31FO5/c1-5-17(7-6-16(2)27-14-19(25)12-23)22(3,4)18-8-10-21(11-9-18)28-15-20(26)13-24/h5-11,19-20,24-26H,1,12-15H2,2-4H3. The molecule has 2 atom stereocenters. The van der Waals surface area contributed by atoms with Gasteiger partial charge in [0.15, 0.2) is 0 Å². The number of aliphatic hydroxyl groups excluding tert-OH is 3. The Morgan fingerprint density at radius 3 is 2.32 bits per heavy atom. The van der Waals surface area contributed by atoms with Gasteiger partial charge in [0.2, 0.25) is 0 Å². The van der Waals surface area contributed by atoms with Crippen molar-refractivity contribution >= 4 is 0 Å². The average Bonchev–Trinajstić information content (AvgIpc) is 2.70. The molecule has 1 rings (SSSR count). The summed E-state index contributed by atoms with van der Waals surface area (Å²) in [7, 11) is 0. The number of aliphatic hydroxyl groups is 3. The Kier molecular flexibility index (Phi) is 9.93. The van der Waals surface area contributed by atoms with Crippen molar-refractivity contribution in [3.8, 4) is 5.75 Å². The first-order valence-electron chi connectivity index (χ1n) is 9.15. The Morgan fingerprint density at radius 2 is 1.79 bits per heavy atom. The van der Waals surface area contributed by atoms with Crippen molar-refractivity contribution < 1.29 is 29.2 Å². The van der Waals surface area contributed by atoms with Gasteiger partial charge in [-0.3, -0.25) is 0 Å². The van der Waals surface area contributed by atoms with Gasteiger partial charge in [0.1, 0.15) is 37.8 Å². The summed E-state index contributed by atoms with van der Waals surface area (Å²) >= 11 is 0. The van der Waals surface area contributed by atoms with Crippen molar-refractivity contribution in [3.63, 3.8) is 0 Å². The molecule has 1 aromatic rings. The molecule has 0 aliphatic carbocycles. The highest BCUT2D eigenvalue weighted by atomic mass is 19.1. The molecule has 0 heterocycles. The van der Waals surface area contributed by atoms with Crippen LogP contribution in [-0.4, -0.2) is 54.0 Å². The van der Waals surface area contributed by atoms with Crippen LogP contribution < -0.4 is 4.74 Å². The molecular formula is C22H31FO5. The van der Waals surface area contributed by atoms with Gasteiger partial charge in [-0.15, -0.1) is 0 Å². The van der Waals surface area contributed by atoms with Crippen LogP contribution in [0.25, 0.3) is 0 Å². The average molecular weight is 394 g/mol. The Morgan fingerprint density at radius 1 is 1.14 bits per heavy atom. The van der Waals surface area contributed by atoms with Crippen molar-refractivity contribution in [2.45, 2.75) is 38.4 Å². The van der Waals surface area contributed by atoms with Gasteiger partial charge in [0.25, 0.3) is 0 Å². The van der Waals surface area contributed by atoms with Crippen LogP contribution in [0.1, 0.15) is 26.3 Å². The van der Waals surface area contributed by atoms with Crippen LogP contribution in [0.4, 0.5) is 4.39 Å². The number of hydrogen-bond acceptors (Lipinski definition) is 5. The number of halogens is 1. The number of allylic oxidation sites excluding steroid dienone is 5. The first kappa shape index (κ1) is 23.9. The highest BCUT2D eigenvalue weighted by molar-refractivity contribution is 5.43. The molecule has 2 unspecified atom stereocenters. The summed E-state index contributed by atoms with van der Waals surface area (Å²) in [5.74, 6) is 1.17. The predicted molar refractivity (Wildman–Crippen MR) is 108 cm³/mol. The maximum absolute atomic E-state index is 12.3. The summed E-state index contributed by atoms with van der Waals surface area (Å²) in [4.78, 5) is 0. The second-order valence-electron chi connectivity index (χ2n) is 7.02. The topological polar surface area (TPSA) is 79.2 Å². The molecule has 0 amide bonds. The molecule has 3 N–H and O–H groups in total. The van der Waals surface area contributed by atoms with E-state index in [4.69, 9.17) is 14.6 Å². The summed E-state index contributed by atoms with van der Waals surface area (Å²) in [6.07, 6.45) is 3.38. The fraction of sp³-hybridized carbons (Fsp3) is 0.455. The molecule has 0 aliphatic rings. The van der Waals surface area contributed by atoms with E-state index in [-0.39, 0.29) is 25.2 Å². The van der Waals surface area contributed by atoms with E-state index < -0.39 is 18.9 Å². The van der Waals surface area contributed by atoms with Gasteiger partial charge < -0.3 is 24.8 Å². The highest BCUT2D eigenvalue weighted by Crippen LogP contribution is 2.33. The van der Waals surface area contributed by atoms with E-state index >= 15 is 0 Å². The normalized spacial score (nSPS) is 15.1. The second kappa shape index (κ2) is 11.6. The lowest BCUT2D eigenvalue weighted by Crippen LogP contribution is -2.21. The fourth-order valence-electron chi connectivity index (χ4n) is 2.44. The number of ether oxygens (including phenoxy) is 2. The van der Waals surface area contributed by atoms with Crippen LogP contribution >= 0.6 is 0 Å². The molecule has 5 nitrogen and oxygen atoms in total. The molecule has 6 heteroatoms. The number of benzene rings is 1. The first-order valence-corrected chi connectivity index (χ1v) is 9.15. The monoisotopic (exact) mass is 394 g/mol. The van der Waals surface area contributed by atoms with Gasteiger partial charge in [-0.25, -0.2) is 4.39 Å². The zero-order valence-electron chi connectivity index (χ0n) is 16.8. The van der Waals surface area contributed by atoms with Crippen molar-refractivity contribution in [1.29, 1.82) is 0 Å². The summed E-state index contributed by atoms with van der Waals surface area (Å²) < 4.78 is 23.0. The van der Waals surface area contributed by atoms with Crippen molar-refractivity contribution in [2.75, 3.05) is 26.5 Å². The van der Waals surface area contributed by atoms with Crippen LogP contribution in [0, 0.1) is 0 Å². The molecule has 0 spiro atoms. The van der Waals surface area contributed by atoms with Crippen LogP contribution in [0.2, 0.25) is 0 Å². The summed E-state index contributed by atoms with van der Waals surface area (Å²) in [5, 5.41) is 27.4. The van der Waals surface area contributed by atoms with E-state index in [0.717, 1.165) is 11.1 Å². The van der Waals surface area contributed by atoms with E-state index in [2.05, 4.69) is 20.4 Å². The maximum atomic E-state index is 12.3. The van der Waals surface area contributed by atoms with Gasteiger partial charge in [0, 0.05) is 5.41 Å². The van der Waals surface area contributed by atoms with E-state index in [1.165, 1.54) is 0 Å². The Bertz CT molecular complexity index is 664. The maximum Gasteiger partial charge on any atom is 0.119 e. The summed E-state index contributed by atoms with van der Waals surface area (Å²) in [6, 6.07) is 7.49. The molecule has 0 radical (unpaired) electrons. The zero-order chi connectivity index (χ0) is 21.2. The van der Waals surface area contributed by atoms with Crippen LogP contribution in [-0.2, 0) is 10.2 Å². The summed E-state index contributed by atoms with van der Waals surface area (Å²) in [5.41, 5.74) is 1.64. The highest BCUT2D eigenvalue weighted by Gasteiger charge is 2.23. The SMILES string of the molecule is C=CC(=CC=C(C)OCC(O)CF)C(C)(C)c1ccc(OCC(O)CO)cc1. The van der Waals surface area contributed by atoms with Gasteiger partial charge >= 0.3 is 0 Å². The van der Waals surface area contributed by atoms with Crippen LogP contribution in [0.3, 0.4) is 0 Å². The minimum absolute atomic E-state index is 0.0260. The predicted octanol–water partition coefficient (Wildman–Crippen LogP) is 3.06. The van der Waals surface area contributed by atoms with E-state index in [0.29, 0.717) is 11.5 Å². The molecule has 0 aliphatic heterocycles. The minimum atomic E-state index is -1.12. The third-order valence-corrected chi connectivity index (χ3v) is 4.35. The smallest absolute Gasteiger partial charge is 0.119 e. The van der Waals surface area contributed by atoms with E-state index in [1.807, 2.05) is 30.3 Å². The minimum Gasteiger partial charge on any atom is -0.495 e. The number of alkyl halides is 1. The zero-order valence-corrected chi connectivity index (χ0v) is 16.8.